The highest BCUT2D eigenvalue weighted by Gasteiger charge is 2.06. The van der Waals surface area contributed by atoms with E-state index in [2.05, 4.69) is 0 Å². The minimum absolute atomic E-state index is 0.108. The van der Waals surface area contributed by atoms with Crippen molar-refractivity contribution < 1.29 is 15.3 Å². The second-order valence-electron chi connectivity index (χ2n) is 4.68. The van der Waals surface area contributed by atoms with E-state index < -0.39 is 0 Å². The van der Waals surface area contributed by atoms with Gasteiger partial charge >= 0.3 is 0 Å². The molecule has 0 bridgehead atoms. The van der Waals surface area contributed by atoms with Crippen molar-refractivity contribution in [2.75, 3.05) is 0 Å². The molecule has 0 aromatic heterocycles. The molecule has 2 rings (SSSR count). The van der Waals surface area contributed by atoms with Crippen LogP contribution >= 0.6 is 0 Å². The number of nitrogens with zero attached hydrogens (tertiary/aromatic N) is 2. The third kappa shape index (κ3) is 3.90. The largest absolute Gasteiger partial charge is 0.508 e. The predicted molar refractivity (Wildman–Crippen MR) is 85.1 cm³/mol. The van der Waals surface area contributed by atoms with E-state index in [0.717, 1.165) is 0 Å². The number of hydrogen-bond donors (Lipinski definition) is 3. The van der Waals surface area contributed by atoms with Gasteiger partial charge in [-0.2, -0.15) is 10.5 Å². The van der Waals surface area contributed by atoms with Gasteiger partial charge in [-0.1, -0.05) is 18.2 Å². The Labute approximate surface area is 132 Å². The molecule has 0 saturated carbocycles. The number of benzene rings is 2. The zero-order valence-electron chi connectivity index (χ0n) is 11.9. The molecule has 0 spiro atoms. The van der Waals surface area contributed by atoms with E-state index in [4.69, 9.17) is 0 Å². The fourth-order valence-electron chi connectivity index (χ4n) is 1.87. The van der Waals surface area contributed by atoms with Gasteiger partial charge in [0.2, 0.25) is 0 Å². The molecule has 0 aliphatic rings. The molecule has 5 nitrogen and oxygen atoms in total. The molecule has 0 amide bonds. The molecule has 0 heterocycles. The average molecular weight is 304 g/mol. The highest BCUT2D eigenvalue weighted by molar-refractivity contribution is 5.74. The summed E-state index contributed by atoms with van der Waals surface area (Å²) in [7, 11) is 0. The normalized spacial score (nSPS) is 11.6. The van der Waals surface area contributed by atoms with Gasteiger partial charge in [0.1, 0.15) is 17.9 Å². The molecule has 0 fully saturated rings. The number of aromatic hydroxyl groups is 3. The number of phenols is 3. The van der Waals surface area contributed by atoms with Crippen LogP contribution in [0.1, 0.15) is 11.1 Å². The van der Waals surface area contributed by atoms with Crippen molar-refractivity contribution in [3.63, 3.8) is 0 Å². The standard InChI is InChI=1S/C18H12N2O3/c19-10-14(7-12-1-4-16(21)5-2-12)15(11-20)8-13-3-6-17(22)18(23)9-13/h1-9,21-23H. The maximum atomic E-state index is 9.48. The Hall–Kier alpha value is -3.70. The Morgan fingerprint density at radius 1 is 0.739 bits per heavy atom. The summed E-state index contributed by atoms with van der Waals surface area (Å²) in [6, 6.07) is 14.2. The van der Waals surface area contributed by atoms with Gasteiger partial charge in [0.15, 0.2) is 11.5 Å². The summed E-state index contributed by atoms with van der Waals surface area (Å²) >= 11 is 0. The zero-order valence-corrected chi connectivity index (χ0v) is 11.9. The quantitative estimate of drug-likeness (QED) is 0.458. The molecule has 2 aromatic rings. The van der Waals surface area contributed by atoms with Gasteiger partial charge in [-0.05, 0) is 47.5 Å². The van der Waals surface area contributed by atoms with Gasteiger partial charge in [-0.25, -0.2) is 0 Å². The highest BCUT2D eigenvalue weighted by Crippen LogP contribution is 2.27. The molecule has 2 aromatic carbocycles. The molecular formula is C18H12N2O3. The fourth-order valence-corrected chi connectivity index (χ4v) is 1.87. The summed E-state index contributed by atoms with van der Waals surface area (Å²) in [6.07, 6.45) is 2.96. The second-order valence-corrected chi connectivity index (χ2v) is 4.68. The van der Waals surface area contributed by atoms with E-state index in [1.165, 1.54) is 42.5 Å². The predicted octanol–water partition coefficient (Wildman–Crippen LogP) is 3.32. The zero-order chi connectivity index (χ0) is 16.8. The maximum Gasteiger partial charge on any atom is 0.157 e. The van der Waals surface area contributed by atoms with Crippen molar-refractivity contribution in [1.82, 2.24) is 0 Å². The van der Waals surface area contributed by atoms with Crippen molar-refractivity contribution in [2.24, 2.45) is 0 Å². The van der Waals surface area contributed by atoms with E-state index in [0.29, 0.717) is 11.1 Å². The number of rotatable bonds is 3. The molecule has 3 N–H and O–H groups in total. The Balaban J connectivity index is 2.43. The van der Waals surface area contributed by atoms with E-state index >= 15 is 0 Å². The lowest BCUT2D eigenvalue weighted by molar-refractivity contribution is 0.403. The molecule has 0 aliphatic heterocycles. The first-order valence-electron chi connectivity index (χ1n) is 6.58. The minimum atomic E-state index is -0.308. The van der Waals surface area contributed by atoms with Crippen LogP contribution < -0.4 is 0 Å². The van der Waals surface area contributed by atoms with Crippen LogP contribution in [-0.4, -0.2) is 15.3 Å². The van der Waals surface area contributed by atoms with Gasteiger partial charge < -0.3 is 15.3 Å². The molecule has 0 atom stereocenters. The van der Waals surface area contributed by atoms with E-state index in [1.54, 1.807) is 12.1 Å². The smallest absolute Gasteiger partial charge is 0.157 e. The molecule has 5 heteroatoms. The first-order chi connectivity index (χ1) is 11.0. The number of nitriles is 2. The third-order valence-corrected chi connectivity index (χ3v) is 3.05. The summed E-state index contributed by atoms with van der Waals surface area (Å²) in [4.78, 5) is 0. The van der Waals surface area contributed by atoms with Crippen molar-refractivity contribution in [2.45, 2.75) is 0 Å². The van der Waals surface area contributed by atoms with Crippen LogP contribution in [0.3, 0.4) is 0 Å². The molecule has 0 radical (unpaired) electrons. The van der Waals surface area contributed by atoms with Crippen LogP contribution in [0.25, 0.3) is 12.2 Å². The first-order valence-corrected chi connectivity index (χ1v) is 6.58. The topological polar surface area (TPSA) is 108 Å². The minimum Gasteiger partial charge on any atom is -0.508 e. The Morgan fingerprint density at radius 3 is 1.78 bits per heavy atom. The van der Waals surface area contributed by atoms with E-state index in [1.807, 2.05) is 12.1 Å². The van der Waals surface area contributed by atoms with Gasteiger partial charge in [-0.3, -0.25) is 0 Å². The van der Waals surface area contributed by atoms with Crippen LogP contribution in [0.5, 0.6) is 17.2 Å². The Morgan fingerprint density at radius 2 is 1.26 bits per heavy atom. The van der Waals surface area contributed by atoms with Gasteiger partial charge in [0, 0.05) is 0 Å². The number of allylic oxidation sites excluding steroid dienone is 2. The lowest BCUT2D eigenvalue weighted by Gasteiger charge is -2.01. The van der Waals surface area contributed by atoms with Crippen molar-refractivity contribution in [3.05, 3.63) is 64.7 Å². The van der Waals surface area contributed by atoms with Crippen molar-refractivity contribution >= 4 is 12.2 Å². The summed E-state index contributed by atoms with van der Waals surface area (Å²) in [5.74, 6) is -0.464. The molecule has 0 unspecified atom stereocenters. The third-order valence-electron chi connectivity index (χ3n) is 3.05. The van der Waals surface area contributed by atoms with Crippen molar-refractivity contribution in [1.29, 1.82) is 10.5 Å². The van der Waals surface area contributed by atoms with E-state index in [9.17, 15) is 25.8 Å². The SMILES string of the molecule is N#CC(=Cc1ccc(O)cc1)C(C#N)=Cc1ccc(O)c(O)c1. The molecule has 112 valence electrons. The molecule has 0 aliphatic carbocycles. The lowest BCUT2D eigenvalue weighted by atomic mass is 10.0. The van der Waals surface area contributed by atoms with Gasteiger partial charge in [0.25, 0.3) is 0 Å². The van der Waals surface area contributed by atoms with Crippen molar-refractivity contribution in [3.8, 4) is 29.4 Å². The molecule has 0 saturated heterocycles. The fraction of sp³-hybridized carbons (Fsp3) is 0. The van der Waals surface area contributed by atoms with Crippen LogP contribution in [0.4, 0.5) is 0 Å². The number of hydrogen-bond acceptors (Lipinski definition) is 5. The monoisotopic (exact) mass is 304 g/mol. The first kappa shape index (κ1) is 15.7. The summed E-state index contributed by atoms with van der Waals surface area (Å²) in [6.45, 7) is 0. The average Bonchev–Trinajstić information content (AvgIpc) is 2.55. The number of phenolic OH excluding ortho intramolecular Hbond substituents is 3. The van der Waals surface area contributed by atoms with Crippen LogP contribution in [0.2, 0.25) is 0 Å². The van der Waals surface area contributed by atoms with Crippen LogP contribution in [0, 0.1) is 22.7 Å². The Bertz CT molecular complexity index is 867. The summed E-state index contributed by atoms with van der Waals surface area (Å²) in [5.41, 5.74) is 1.40. The lowest BCUT2D eigenvalue weighted by Crippen LogP contribution is -1.86. The van der Waals surface area contributed by atoms with Gasteiger partial charge in [0.05, 0.1) is 11.1 Å². The molecule has 23 heavy (non-hydrogen) atoms. The van der Waals surface area contributed by atoms with Crippen LogP contribution in [-0.2, 0) is 0 Å². The highest BCUT2D eigenvalue weighted by atomic mass is 16.3. The summed E-state index contributed by atoms with van der Waals surface area (Å²) in [5, 5.41) is 46.6. The second kappa shape index (κ2) is 6.84. The molecular weight excluding hydrogens is 292 g/mol. The van der Waals surface area contributed by atoms with Crippen LogP contribution in [0.15, 0.2) is 53.6 Å². The maximum absolute atomic E-state index is 9.48. The Kier molecular flexibility index (Phi) is 4.66. The summed E-state index contributed by atoms with van der Waals surface area (Å²) < 4.78 is 0. The van der Waals surface area contributed by atoms with Gasteiger partial charge in [-0.15, -0.1) is 0 Å². The van der Waals surface area contributed by atoms with E-state index in [-0.39, 0.29) is 28.4 Å².